The topological polar surface area (TPSA) is 84.5 Å². The summed E-state index contributed by atoms with van der Waals surface area (Å²) in [5.41, 5.74) is 0.696. The lowest BCUT2D eigenvalue weighted by Crippen LogP contribution is -2.26. The largest absolute Gasteiger partial charge is 0.495 e. The van der Waals surface area contributed by atoms with Crippen LogP contribution in [0.3, 0.4) is 0 Å². The fourth-order valence-electron chi connectivity index (χ4n) is 2.42. The smallest absolute Gasteiger partial charge is 0.265 e. The summed E-state index contributed by atoms with van der Waals surface area (Å²) in [4.78, 5) is 12.2. The minimum absolute atomic E-state index is 0.0815. The quantitative estimate of drug-likeness (QED) is 0.693. The molecule has 1 aliphatic carbocycles. The van der Waals surface area contributed by atoms with E-state index in [0.29, 0.717) is 18.2 Å². The van der Waals surface area contributed by atoms with E-state index >= 15 is 0 Å². The number of hydrogen-bond donors (Lipinski definition) is 2. The van der Waals surface area contributed by atoms with Gasteiger partial charge in [-0.15, -0.1) is 0 Å². The first-order valence-corrected chi connectivity index (χ1v) is 10.4. The number of hydrogen-bond acceptors (Lipinski definition) is 4. The number of anilines is 1. The minimum atomic E-state index is -3.91. The summed E-state index contributed by atoms with van der Waals surface area (Å²) in [5, 5.41) is 2.83. The average Bonchev–Trinajstić information content (AvgIpc) is 3.45. The number of benzene rings is 2. The summed E-state index contributed by atoms with van der Waals surface area (Å²) in [6, 6.07) is 11.1. The standard InChI is InChI=1S/C18H19BrN2O4S/c1-25-16-9-4-13(18(22)20-11-12-2-3-12)10-17(16)26(23,24)21-15-7-5-14(19)6-8-15/h4-10,12,21H,2-3,11H2,1H3,(H,20,22). The molecule has 0 aromatic heterocycles. The van der Waals surface area contributed by atoms with Crippen molar-refractivity contribution in [2.24, 2.45) is 5.92 Å². The van der Waals surface area contributed by atoms with Gasteiger partial charge in [0.05, 0.1) is 7.11 Å². The van der Waals surface area contributed by atoms with Crippen molar-refractivity contribution in [1.29, 1.82) is 0 Å². The summed E-state index contributed by atoms with van der Waals surface area (Å²) < 4.78 is 34.1. The van der Waals surface area contributed by atoms with Crippen LogP contribution in [0.4, 0.5) is 5.69 Å². The van der Waals surface area contributed by atoms with Gasteiger partial charge in [-0.1, -0.05) is 15.9 Å². The maximum absolute atomic E-state index is 12.8. The Balaban J connectivity index is 1.86. The van der Waals surface area contributed by atoms with Gasteiger partial charge in [0.25, 0.3) is 15.9 Å². The van der Waals surface area contributed by atoms with Gasteiger partial charge in [0.15, 0.2) is 0 Å². The molecular formula is C18H19BrN2O4S. The summed E-state index contributed by atoms with van der Waals surface area (Å²) in [6.07, 6.45) is 2.25. The first kappa shape index (κ1) is 18.7. The van der Waals surface area contributed by atoms with Gasteiger partial charge in [0, 0.05) is 22.3 Å². The number of nitrogens with one attached hydrogen (secondary N) is 2. The Morgan fingerprint density at radius 2 is 1.88 bits per heavy atom. The van der Waals surface area contributed by atoms with Crippen LogP contribution in [0.5, 0.6) is 5.75 Å². The van der Waals surface area contributed by atoms with E-state index in [1.165, 1.54) is 19.2 Å². The first-order chi connectivity index (χ1) is 12.4. The van der Waals surface area contributed by atoms with Crippen LogP contribution < -0.4 is 14.8 Å². The number of amides is 1. The molecule has 1 fully saturated rings. The van der Waals surface area contributed by atoms with Crippen LogP contribution in [0.2, 0.25) is 0 Å². The normalized spacial score (nSPS) is 13.9. The summed E-state index contributed by atoms with van der Waals surface area (Å²) >= 11 is 3.31. The lowest BCUT2D eigenvalue weighted by atomic mass is 10.2. The predicted octanol–water partition coefficient (Wildman–Crippen LogP) is 3.40. The summed E-state index contributed by atoms with van der Waals surface area (Å²) in [5.74, 6) is 0.424. The Morgan fingerprint density at radius 1 is 1.19 bits per heavy atom. The minimum Gasteiger partial charge on any atom is -0.495 e. The number of methoxy groups -OCH3 is 1. The molecule has 0 radical (unpaired) electrons. The summed E-state index contributed by atoms with van der Waals surface area (Å²) in [7, 11) is -2.52. The molecule has 1 saturated carbocycles. The Bertz CT molecular complexity index is 909. The molecule has 6 nitrogen and oxygen atoms in total. The van der Waals surface area contributed by atoms with Gasteiger partial charge in [0.2, 0.25) is 0 Å². The van der Waals surface area contributed by atoms with E-state index in [1.807, 2.05) is 0 Å². The van der Waals surface area contributed by atoms with Crippen LogP contribution in [0, 0.1) is 5.92 Å². The molecule has 0 atom stereocenters. The van der Waals surface area contributed by atoms with Crippen LogP contribution in [0.15, 0.2) is 51.8 Å². The molecule has 0 heterocycles. The van der Waals surface area contributed by atoms with Crippen LogP contribution >= 0.6 is 15.9 Å². The molecule has 2 aromatic rings. The van der Waals surface area contributed by atoms with Crippen molar-refractivity contribution in [3.63, 3.8) is 0 Å². The molecule has 1 aliphatic rings. The highest BCUT2D eigenvalue weighted by Gasteiger charge is 2.24. The van der Waals surface area contributed by atoms with E-state index in [1.54, 1.807) is 30.3 Å². The number of ether oxygens (including phenoxy) is 1. The molecular weight excluding hydrogens is 420 g/mol. The highest BCUT2D eigenvalue weighted by atomic mass is 79.9. The molecule has 1 amide bonds. The highest BCUT2D eigenvalue weighted by Crippen LogP contribution is 2.29. The predicted molar refractivity (Wildman–Crippen MR) is 103 cm³/mol. The molecule has 8 heteroatoms. The van der Waals surface area contributed by atoms with Crippen molar-refractivity contribution in [3.8, 4) is 5.75 Å². The Morgan fingerprint density at radius 3 is 2.50 bits per heavy atom. The maximum atomic E-state index is 12.8. The van der Waals surface area contributed by atoms with Crippen LogP contribution in [0.1, 0.15) is 23.2 Å². The SMILES string of the molecule is COc1ccc(C(=O)NCC2CC2)cc1S(=O)(=O)Nc1ccc(Br)cc1. The molecule has 0 saturated heterocycles. The van der Waals surface area contributed by atoms with Gasteiger partial charge in [-0.2, -0.15) is 0 Å². The number of rotatable bonds is 7. The van der Waals surface area contributed by atoms with Crippen molar-refractivity contribution in [2.75, 3.05) is 18.4 Å². The second-order valence-corrected chi connectivity index (χ2v) is 8.70. The average molecular weight is 439 g/mol. The van der Waals surface area contributed by atoms with Crippen LogP contribution in [-0.2, 0) is 10.0 Å². The van der Waals surface area contributed by atoms with Gasteiger partial charge in [0.1, 0.15) is 10.6 Å². The lowest BCUT2D eigenvalue weighted by Gasteiger charge is -2.13. The monoisotopic (exact) mass is 438 g/mol. The van der Waals surface area contributed by atoms with Gasteiger partial charge < -0.3 is 10.1 Å². The third-order valence-corrected chi connectivity index (χ3v) is 5.99. The zero-order valence-corrected chi connectivity index (χ0v) is 16.6. The van der Waals surface area contributed by atoms with E-state index < -0.39 is 10.0 Å². The molecule has 26 heavy (non-hydrogen) atoms. The van der Waals surface area contributed by atoms with Crippen molar-refractivity contribution >= 4 is 37.5 Å². The third-order valence-electron chi connectivity index (χ3n) is 4.06. The fourth-order valence-corrected chi connectivity index (χ4v) is 3.94. The van der Waals surface area contributed by atoms with Gasteiger partial charge in [-0.3, -0.25) is 9.52 Å². The van der Waals surface area contributed by atoms with Crippen molar-refractivity contribution in [1.82, 2.24) is 5.32 Å². The third kappa shape index (κ3) is 4.56. The molecule has 2 N–H and O–H groups in total. The number of carbonyl (C=O) groups excluding carboxylic acids is 1. The van der Waals surface area contributed by atoms with E-state index in [9.17, 15) is 13.2 Å². The van der Waals surface area contributed by atoms with Crippen LogP contribution in [-0.4, -0.2) is 28.0 Å². The van der Waals surface area contributed by atoms with Gasteiger partial charge in [-0.25, -0.2) is 8.42 Å². The van der Waals surface area contributed by atoms with E-state index in [4.69, 9.17) is 4.74 Å². The second kappa shape index (κ2) is 7.67. The number of carbonyl (C=O) groups is 1. The Kier molecular flexibility index (Phi) is 5.52. The van der Waals surface area contributed by atoms with Crippen molar-refractivity contribution in [3.05, 3.63) is 52.5 Å². The Labute approximate surface area is 161 Å². The van der Waals surface area contributed by atoms with Gasteiger partial charge in [-0.05, 0) is 61.2 Å². The Hall–Kier alpha value is -2.06. The molecule has 3 rings (SSSR count). The fraction of sp³-hybridized carbons (Fsp3) is 0.278. The van der Waals surface area contributed by atoms with E-state index in [-0.39, 0.29) is 22.1 Å². The molecule has 0 aliphatic heterocycles. The highest BCUT2D eigenvalue weighted by molar-refractivity contribution is 9.10. The number of sulfonamides is 1. The van der Waals surface area contributed by atoms with Crippen molar-refractivity contribution in [2.45, 2.75) is 17.7 Å². The molecule has 138 valence electrons. The zero-order valence-electron chi connectivity index (χ0n) is 14.2. The molecule has 0 bridgehead atoms. The molecule has 0 unspecified atom stereocenters. The van der Waals surface area contributed by atoms with E-state index in [2.05, 4.69) is 26.0 Å². The summed E-state index contributed by atoms with van der Waals surface area (Å²) in [6.45, 7) is 0.615. The lowest BCUT2D eigenvalue weighted by molar-refractivity contribution is 0.0951. The molecule has 2 aromatic carbocycles. The second-order valence-electron chi connectivity index (χ2n) is 6.13. The zero-order chi connectivity index (χ0) is 18.7. The maximum Gasteiger partial charge on any atom is 0.265 e. The first-order valence-electron chi connectivity index (χ1n) is 8.13. The van der Waals surface area contributed by atoms with Crippen molar-refractivity contribution < 1.29 is 17.9 Å². The number of halogens is 1. The van der Waals surface area contributed by atoms with E-state index in [0.717, 1.165) is 17.3 Å². The molecule has 0 spiro atoms. The van der Waals surface area contributed by atoms with Gasteiger partial charge >= 0.3 is 0 Å². The van der Waals surface area contributed by atoms with Crippen LogP contribution in [0.25, 0.3) is 0 Å².